The molecule has 2 aromatic carbocycles. The van der Waals surface area contributed by atoms with Crippen LogP contribution in [0.4, 0.5) is 23.0 Å². The second-order valence-electron chi connectivity index (χ2n) is 5.46. The Morgan fingerprint density at radius 2 is 1.54 bits per heavy atom. The molecule has 5 heteroatoms. The molecule has 0 unspecified atom stereocenters. The first-order chi connectivity index (χ1) is 11.7. The van der Waals surface area contributed by atoms with Crippen LogP contribution in [0.2, 0.25) is 0 Å². The highest BCUT2D eigenvalue weighted by atomic mass is 15.1. The van der Waals surface area contributed by atoms with Gasteiger partial charge in [0, 0.05) is 11.8 Å². The van der Waals surface area contributed by atoms with Crippen molar-refractivity contribution in [3.8, 4) is 6.07 Å². The van der Waals surface area contributed by atoms with Gasteiger partial charge in [0.05, 0.1) is 11.3 Å². The van der Waals surface area contributed by atoms with Crippen molar-refractivity contribution in [1.29, 1.82) is 5.26 Å². The van der Waals surface area contributed by atoms with E-state index in [1.807, 2.05) is 30.3 Å². The lowest BCUT2D eigenvalue weighted by Crippen LogP contribution is -2.01. The van der Waals surface area contributed by atoms with Crippen LogP contribution in [-0.2, 0) is 0 Å². The molecule has 0 atom stereocenters. The third-order valence-electron chi connectivity index (χ3n) is 3.71. The minimum Gasteiger partial charge on any atom is -0.340 e. The fourth-order valence-electron chi connectivity index (χ4n) is 2.46. The monoisotopic (exact) mass is 315 g/mol. The summed E-state index contributed by atoms with van der Waals surface area (Å²) in [6, 6.07) is 17.4. The number of anilines is 4. The van der Waals surface area contributed by atoms with E-state index in [4.69, 9.17) is 0 Å². The topological polar surface area (TPSA) is 73.6 Å². The number of aromatic nitrogens is 2. The predicted molar refractivity (Wildman–Crippen MR) is 95.7 cm³/mol. The van der Waals surface area contributed by atoms with Crippen LogP contribution in [0.5, 0.6) is 0 Å². The van der Waals surface area contributed by atoms with Crippen LogP contribution in [0.25, 0.3) is 0 Å². The lowest BCUT2D eigenvalue weighted by Gasteiger charge is -2.13. The first kappa shape index (κ1) is 15.5. The number of nitrogens with zero attached hydrogens (tertiary/aromatic N) is 3. The largest absolute Gasteiger partial charge is 0.340 e. The molecule has 5 nitrogen and oxygen atoms in total. The van der Waals surface area contributed by atoms with E-state index >= 15 is 0 Å². The molecular weight excluding hydrogens is 298 g/mol. The van der Waals surface area contributed by atoms with Crippen molar-refractivity contribution in [2.75, 3.05) is 10.6 Å². The third kappa shape index (κ3) is 3.33. The summed E-state index contributed by atoms with van der Waals surface area (Å²) in [5.41, 5.74) is 4.63. The van der Waals surface area contributed by atoms with Gasteiger partial charge in [-0.25, -0.2) is 9.97 Å². The van der Waals surface area contributed by atoms with Crippen molar-refractivity contribution in [1.82, 2.24) is 9.97 Å². The van der Waals surface area contributed by atoms with Crippen molar-refractivity contribution < 1.29 is 0 Å². The SMILES string of the molecule is Cc1cccc(C)c1Nc1cc(Nc2ccccc2C#N)ncn1. The molecule has 0 spiro atoms. The van der Waals surface area contributed by atoms with E-state index in [9.17, 15) is 5.26 Å². The second-order valence-corrected chi connectivity index (χ2v) is 5.46. The normalized spacial score (nSPS) is 10.0. The van der Waals surface area contributed by atoms with Crippen molar-refractivity contribution >= 4 is 23.0 Å². The van der Waals surface area contributed by atoms with Crippen LogP contribution in [0.1, 0.15) is 16.7 Å². The molecule has 3 aromatic rings. The molecule has 3 rings (SSSR count). The van der Waals surface area contributed by atoms with Crippen LogP contribution in [-0.4, -0.2) is 9.97 Å². The first-order valence-electron chi connectivity index (χ1n) is 7.59. The number of hydrogen-bond donors (Lipinski definition) is 2. The van der Waals surface area contributed by atoms with Crippen LogP contribution >= 0.6 is 0 Å². The Balaban J connectivity index is 1.86. The zero-order valence-corrected chi connectivity index (χ0v) is 13.5. The van der Waals surface area contributed by atoms with E-state index in [1.54, 1.807) is 6.07 Å². The van der Waals surface area contributed by atoms with Crippen molar-refractivity contribution in [3.63, 3.8) is 0 Å². The van der Waals surface area contributed by atoms with Crippen LogP contribution in [0.15, 0.2) is 54.9 Å². The van der Waals surface area contributed by atoms with Gasteiger partial charge in [-0.3, -0.25) is 0 Å². The summed E-state index contributed by atoms with van der Waals surface area (Å²) >= 11 is 0. The Hall–Kier alpha value is -3.39. The van der Waals surface area contributed by atoms with Crippen molar-refractivity contribution in [2.24, 2.45) is 0 Å². The second kappa shape index (κ2) is 6.80. The minimum atomic E-state index is 0.570. The van der Waals surface area contributed by atoms with Crippen molar-refractivity contribution in [3.05, 3.63) is 71.5 Å². The Morgan fingerprint density at radius 3 is 2.25 bits per heavy atom. The average molecular weight is 315 g/mol. The van der Waals surface area contributed by atoms with Gasteiger partial charge in [-0.1, -0.05) is 30.3 Å². The van der Waals surface area contributed by atoms with Crippen LogP contribution < -0.4 is 10.6 Å². The van der Waals surface area contributed by atoms with Gasteiger partial charge in [0.25, 0.3) is 0 Å². The van der Waals surface area contributed by atoms with Gasteiger partial charge in [0.1, 0.15) is 24.0 Å². The number of aryl methyl sites for hydroxylation is 2. The molecule has 1 aromatic heterocycles. The standard InChI is InChI=1S/C19H17N5/c1-13-6-5-7-14(2)19(13)24-18-10-17(21-12-22-18)23-16-9-4-3-8-15(16)11-20/h3-10,12H,1-2H3,(H2,21,22,23,24). The number of nitrogens with one attached hydrogen (secondary N) is 2. The van der Waals surface area contributed by atoms with E-state index in [0.29, 0.717) is 17.2 Å². The maximum atomic E-state index is 9.17. The highest BCUT2D eigenvalue weighted by molar-refractivity contribution is 5.69. The maximum absolute atomic E-state index is 9.17. The summed E-state index contributed by atoms with van der Waals surface area (Å²) in [4.78, 5) is 8.50. The van der Waals surface area contributed by atoms with Gasteiger partial charge in [-0.05, 0) is 37.1 Å². The quantitative estimate of drug-likeness (QED) is 0.744. The van der Waals surface area contributed by atoms with Gasteiger partial charge in [-0.2, -0.15) is 5.26 Å². The number of benzene rings is 2. The number of rotatable bonds is 4. The Kier molecular flexibility index (Phi) is 4.39. The number of hydrogen-bond acceptors (Lipinski definition) is 5. The Morgan fingerprint density at radius 1 is 0.875 bits per heavy atom. The van der Waals surface area contributed by atoms with Crippen LogP contribution in [0.3, 0.4) is 0 Å². The molecule has 0 aliphatic heterocycles. The summed E-state index contributed by atoms with van der Waals surface area (Å²) in [6.45, 7) is 4.11. The van der Waals surface area contributed by atoms with Crippen molar-refractivity contribution in [2.45, 2.75) is 13.8 Å². The fourth-order valence-corrected chi connectivity index (χ4v) is 2.46. The van der Waals surface area contributed by atoms with Crippen LogP contribution in [0, 0.1) is 25.2 Å². The Bertz CT molecular complexity index is 891. The molecule has 0 saturated heterocycles. The summed E-state index contributed by atoms with van der Waals surface area (Å²) in [7, 11) is 0. The van der Waals surface area contributed by atoms with Gasteiger partial charge in [-0.15, -0.1) is 0 Å². The molecule has 0 saturated carbocycles. The zero-order valence-electron chi connectivity index (χ0n) is 13.5. The number of nitriles is 1. The van der Waals surface area contributed by atoms with Gasteiger partial charge < -0.3 is 10.6 Å². The highest BCUT2D eigenvalue weighted by Gasteiger charge is 2.06. The average Bonchev–Trinajstić information content (AvgIpc) is 2.59. The molecule has 24 heavy (non-hydrogen) atoms. The van der Waals surface area contributed by atoms with E-state index in [-0.39, 0.29) is 0 Å². The molecule has 118 valence electrons. The lowest BCUT2D eigenvalue weighted by molar-refractivity contribution is 1.16. The smallest absolute Gasteiger partial charge is 0.135 e. The van der Waals surface area contributed by atoms with E-state index < -0.39 is 0 Å². The van der Waals surface area contributed by atoms with E-state index in [1.165, 1.54) is 6.33 Å². The molecule has 1 heterocycles. The molecule has 0 fully saturated rings. The van der Waals surface area contributed by atoms with Gasteiger partial charge in [0.2, 0.25) is 0 Å². The van der Waals surface area contributed by atoms with Gasteiger partial charge >= 0.3 is 0 Å². The third-order valence-corrected chi connectivity index (χ3v) is 3.71. The zero-order chi connectivity index (χ0) is 16.9. The molecule has 0 bridgehead atoms. The molecule has 0 radical (unpaired) electrons. The predicted octanol–water partition coefficient (Wildman–Crippen LogP) is 4.45. The highest BCUT2D eigenvalue weighted by Crippen LogP contribution is 2.25. The minimum absolute atomic E-state index is 0.570. The summed E-state index contributed by atoms with van der Waals surface area (Å²) < 4.78 is 0. The molecule has 0 aliphatic rings. The molecule has 0 amide bonds. The number of para-hydroxylation sites is 2. The lowest BCUT2D eigenvalue weighted by atomic mass is 10.1. The van der Waals surface area contributed by atoms with E-state index in [2.05, 4.69) is 52.7 Å². The maximum Gasteiger partial charge on any atom is 0.135 e. The molecule has 2 N–H and O–H groups in total. The summed E-state index contributed by atoms with van der Waals surface area (Å²) in [5.74, 6) is 1.32. The molecule has 0 aliphatic carbocycles. The Labute approximate surface area is 141 Å². The first-order valence-corrected chi connectivity index (χ1v) is 7.59. The fraction of sp³-hybridized carbons (Fsp3) is 0.105. The molecular formula is C19H17N5. The van der Waals surface area contributed by atoms with E-state index in [0.717, 1.165) is 22.5 Å². The van der Waals surface area contributed by atoms with Gasteiger partial charge in [0.15, 0.2) is 0 Å². The summed E-state index contributed by atoms with van der Waals surface area (Å²) in [5, 5.41) is 15.7. The summed E-state index contributed by atoms with van der Waals surface area (Å²) in [6.07, 6.45) is 1.49.